The molecule has 5 heteroatoms. The van der Waals surface area contributed by atoms with Gasteiger partial charge in [0.1, 0.15) is 34.7 Å². The maximum Gasteiger partial charge on any atom is 0.145 e. The van der Waals surface area contributed by atoms with Gasteiger partial charge in [-0.2, -0.15) is 0 Å². The molecular weight excluding hydrogens is 797 g/mol. The molecule has 0 N–H and O–H groups in total. The van der Waals surface area contributed by atoms with Gasteiger partial charge in [-0.05, 0) is 135 Å². The van der Waals surface area contributed by atoms with Gasteiger partial charge in [-0.3, -0.25) is 0 Å². The number of hydrogen-bond acceptors (Lipinski definition) is 3. The van der Waals surface area contributed by atoms with Crippen LogP contribution in [0.2, 0.25) is 0 Å². The van der Waals surface area contributed by atoms with Crippen molar-refractivity contribution in [2.24, 2.45) is 0 Å². The van der Waals surface area contributed by atoms with E-state index in [1.54, 1.807) is 0 Å². The van der Waals surface area contributed by atoms with Crippen LogP contribution in [0.5, 0.6) is 5.75 Å². The van der Waals surface area contributed by atoms with Gasteiger partial charge in [0, 0.05) is 55.6 Å². The number of aryl methyl sites for hydroxylation is 1. The lowest BCUT2D eigenvalue weighted by molar-refractivity contribution is 0.360. The predicted octanol–water partition coefficient (Wildman–Crippen LogP) is 17.0. The van der Waals surface area contributed by atoms with Crippen LogP contribution in [0.3, 0.4) is 0 Å². The van der Waals surface area contributed by atoms with Crippen LogP contribution in [0.25, 0.3) is 99.5 Å². The SMILES string of the molecule is C/C=C\C=C=Cc1c(C)c2c3oc4c(ccc5c4c4ccccc4n5C(C)/C=C\C=C/C)c3ccc2n1C1=C/Cc2cc(-c3ccc4oc5ccccc5c4c3)ccc2OC/C=C\1.CC. The van der Waals surface area contributed by atoms with E-state index in [9.17, 15) is 0 Å². The summed E-state index contributed by atoms with van der Waals surface area (Å²) in [6.45, 7) is 13.0. The minimum absolute atomic E-state index is 0.142. The second-order valence-electron chi connectivity index (χ2n) is 16.3. The fraction of sp³-hybridized carbons (Fsp3) is 0.150. The lowest BCUT2D eigenvalue weighted by atomic mass is 9.99. The van der Waals surface area contributed by atoms with Gasteiger partial charge < -0.3 is 22.7 Å². The summed E-state index contributed by atoms with van der Waals surface area (Å²) in [6.07, 6.45) is 23.9. The molecule has 1 unspecified atom stereocenters. The van der Waals surface area contributed by atoms with Gasteiger partial charge in [-0.1, -0.05) is 105 Å². The molecule has 65 heavy (non-hydrogen) atoms. The topological polar surface area (TPSA) is 45.4 Å². The lowest BCUT2D eigenvalue weighted by Crippen LogP contribution is -2.01. The Morgan fingerprint density at radius 1 is 0.662 bits per heavy atom. The van der Waals surface area contributed by atoms with Crippen LogP contribution in [-0.4, -0.2) is 15.7 Å². The van der Waals surface area contributed by atoms with E-state index in [0.717, 1.165) is 105 Å². The zero-order chi connectivity index (χ0) is 44.6. The number of benzene rings is 6. The van der Waals surface area contributed by atoms with E-state index >= 15 is 0 Å². The van der Waals surface area contributed by atoms with E-state index in [-0.39, 0.29) is 6.04 Å². The third-order valence-electron chi connectivity index (χ3n) is 12.6. The summed E-state index contributed by atoms with van der Waals surface area (Å²) >= 11 is 0. The molecule has 1 aliphatic rings. The Kier molecular flexibility index (Phi) is 11.1. The highest BCUT2D eigenvalue weighted by Gasteiger charge is 2.24. The largest absolute Gasteiger partial charge is 0.489 e. The van der Waals surface area contributed by atoms with E-state index in [0.29, 0.717) is 13.0 Å². The van der Waals surface area contributed by atoms with Crippen molar-refractivity contribution < 1.29 is 13.6 Å². The lowest BCUT2D eigenvalue weighted by Gasteiger charge is -2.12. The average molecular weight is 849 g/mol. The zero-order valence-electron chi connectivity index (χ0n) is 37.9. The highest BCUT2D eigenvalue weighted by Crippen LogP contribution is 2.45. The van der Waals surface area contributed by atoms with Gasteiger partial charge in [0.25, 0.3) is 0 Å². The normalized spacial score (nSPS) is 15.0. The van der Waals surface area contributed by atoms with Crippen molar-refractivity contribution in [1.29, 1.82) is 0 Å². The second-order valence-corrected chi connectivity index (χ2v) is 16.3. The van der Waals surface area contributed by atoms with Gasteiger partial charge in [0.05, 0.1) is 22.1 Å². The summed E-state index contributed by atoms with van der Waals surface area (Å²) < 4.78 is 24.5. The third kappa shape index (κ3) is 7.06. The smallest absolute Gasteiger partial charge is 0.145 e. The first-order valence-electron chi connectivity index (χ1n) is 22.8. The number of aromatic nitrogens is 2. The van der Waals surface area contributed by atoms with Crippen LogP contribution in [0.15, 0.2) is 185 Å². The minimum atomic E-state index is 0.142. The number of nitrogens with zero attached hydrogens (tertiary/aromatic N) is 2. The predicted molar refractivity (Wildman–Crippen MR) is 276 cm³/mol. The molecular formula is C60H52N2O3. The molecule has 0 fully saturated rings. The third-order valence-corrected chi connectivity index (χ3v) is 12.6. The van der Waals surface area contributed by atoms with Crippen LogP contribution in [0.4, 0.5) is 0 Å². The van der Waals surface area contributed by atoms with Gasteiger partial charge in [0.2, 0.25) is 0 Å². The molecule has 5 nitrogen and oxygen atoms in total. The zero-order valence-corrected chi connectivity index (χ0v) is 37.9. The fourth-order valence-corrected chi connectivity index (χ4v) is 9.65. The summed E-state index contributed by atoms with van der Waals surface area (Å²) in [6, 6.07) is 39.1. The molecule has 6 aromatic carbocycles. The van der Waals surface area contributed by atoms with Crippen LogP contribution in [-0.2, 0) is 6.42 Å². The molecule has 0 aliphatic carbocycles. The highest BCUT2D eigenvalue weighted by molar-refractivity contribution is 6.26. The standard InChI is InChI=1S/C58H46N2O3.C2H6/c1-5-7-9-11-21-48-38(4)55-50(30-28-44-45-29-31-51-56(58(45)63-57(44)55)46-20-12-14-22-49(46)59(51)37(3)17-10-8-6-2)60(48)42-18-16-34-61-52-32-25-39(35-41(52)24-27-42)40-26-33-54-47(36-40)43-19-13-15-23-53(43)62-54;1-2/h5-10,12-23,25-33,35-37H,24,34H2,1-4H3;1-2H3/b7-5-,8-6-,17-10-,18-16-,42-27+;. The van der Waals surface area contributed by atoms with Crippen molar-refractivity contribution in [3.05, 3.63) is 193 Å². The number of ether oxygens (including phenoxy) is 1. The molecule has 0 bridgehead atoms. The summed E-state index contributed by atoms with van der Waals surface area (Å²) in [5.41, 5.74) is 17.1. The van der Waals surface area contributed by atoms with Crippen molar-refractivity contribution in [1.82, 2.24) is 9.13 Å². The molecule has 1 atom stereocenters. The van der Waals surface area contributed by atoms with E-state index in [1.165, 1.54) is 10.9 Å². The number of allylic oxidation sites excluding steroid dienone is 10. The average Bonchev–Trinajstić information content (AvgIpc) is 4.09. The van der Waals surface area contributed by atoms with Crippen LogP contribution < -0.4 is 4.74 Å². The maximum atomic E-state index is 7.20. The first kappa shape index (κ1) is 41.3. The molecule has 4 aromatic heterocycles. The molecule has 11 rings (SSSR count). The van der Waals surface area contributed by atoms with Crippen molar-refractivity contribution in [2.45, 2.75) is 54.0 Å². The fourth-order valence-electron chi connectivity index (χ4n) is 9.65. The Hall–Kier alpha value is -7.72. The Morgan fingerprint density at radius 3 is 2.22 bits per heavy atom. The molecule has 10 aromatic rings. The van der Waals surface area contributed by atoms with Crippen molar-refractivity contribution in [3.63, 3.8) is 0 Å². The van der Waals surface area contributed by atoms with Crippen LogP contribution >= 0.6 is 0 Å². The highest BCUT2D eigenvalue weighted by atomic mass is 16.5. The Balaban J connectivity index is 0.00000246. The van der Waals surface area contributed by atoms with Gasteiger partial charge in [-0.25, -0.2) is 0 Å². The first-order chi connectivity index (χ1) is 32.0. The Morgan fingerprint density at radius 2 is 1.38 bits per heavy atom. The van der Waals surface area contributed by atoms with Crippen molar-refractivity contribution >= 4 is 88.4 Å². The number of fused-ring (bicyclic) bond motifs is 13. The molecule has 0 saturated carbocycles. The molecule has 0 spiro atoms. The number of hydrogen-bond donors (Lipinski definition) is 0. The molecule has 1 aliphatic heterocycles. The van der Waals surface area contributed by atoms with E-state index in [4.69, 9.17) is 13.6 Å². The monoisotopic (exact) mass is 848 g/mol. The van der Waals surface area contributed by atoms with Gasteiger partial charge in [0.15, 0.2) is 0 Å². The Bertz CT molecular complexity index is 3690. The Labute approximate surface area is 379 Å². The quantitative estimate of drug-likeness (QED) is 0.119. The van der Waals surface area contributed by atoms with Crippen molar-refractivity contribution in [3.8, 4) is 16.9 Å². The summed E-state index contributed by atoms with van der Waals surface area (Å²) in [7, 11) is 0. The number of para-hydroxylation sites is 2. The van der Waals surface area contributed by atoms with Crippen LogP contribution in [0.1, 0.15) is 57.5 Å². The van der Waals surface area contributed by atoms with Gasteiger partial charge >= 0.3 is 0 Å². The van der Waals surface area contributed by atoms with E-state index in [1.807, 2.05) is 58.1 Å². The summed E-state index contributed by atoms with van der Waals surface area (Å²) in [4.78, 5) is 0. The van der Waals surface area contributed by atoms with Crippen molar-refractivity contribution in [2.75, 3.05) is 6.61 Å². The molecule has 0 radical (unpaired) electrons. The molecule has 0 amide bonds. The minimum Gasteiger partial charge on any atom is -0.489 e. The molecule has 320 valence electrons. The van der Waals surface area contributed by atoms with E-state index < -0.39 is 0 Å². The number of rotatable bonds is 7. The number of furan rings is 2. The summed E-state index contributed by atoms with van der Waals surface area (Å²) in [5, 5.41) is 7.88. The molecule has 5 heterocycles. The van der Waals surface area contributed by atoms with E-state index in [2.05, 4.69) is 174 Å². The van der Waals surface area contributed by atoms with Crippen LogP contribution in [0, 0.1) is 6.92 Å². The maximum absolute atomic E-state index is 7.20. The molecule has 0 saturated heterocycles. The van der Waals surface area contributed by atoms with Gasteiger partial charge in [-0.15, -0.1) is 5.73 Å². The second kappa shape index (κ2) is 17.4. The first-order valence-corrected chi connectivity index (χ1v) is 22.8. The summed E-state index contributed by atoms with van der Waals surface area (Å²) in [5.74, 6) is 0.888.